The largest absolute Gasteiger partial charge is 0.314 e. The summed E-state index contributed by atoms with van der Waals surface area (Å²) in [5.41, 5.74) is 1.54. The minimum atomic E-state index is 0.820. The van der Waals surface area contributed by atoms with Gasteiger partial charge in [0.2, 0.25) is 0 Å². The van der Waals surface area contributed by atoms with Gasteiger partial charge in [0.15, 0.2) is 0 Å². The van der Waals surface area contributed by atoms with Crippen LogP contribution >= 0.6 is 0 Å². The van der Waals surface area contributed by atoms with Gasteiger partial charge in [0.25, 0.3) is 0 Å². The molecule has 0 aliphatic heterocycles. The van der Waals surface area contributed by atoms with E-state index in [4.69, 9.17) is 0 Å². The minimum absolute atomic E-state index is 0.820. The van der Waals surface area contributed by atoms with Crippen LogP contribution in [0.2, 0.25) is 0 Å². The van der Waals surface area contributed by atoms with Gasteiger partial charge >= 0.3 is 0 Å². The van der Waals surface area contributed by atoms with Crippen LogP contribution in [0.1, 0.15) is 50.0 Å². The summed E-state index contributed by atoms with van der Waals surface area (Å²) in [4.78, 5) is 0. The maximum absolute atomic E-state index is 3.78. The molecule has 1 aromatic carbocycles. The molecule has 0 aromatic heterocycles. The molecule has 1 aromatic rings. The molecule has 0 radical (unpaired) electrons. The van der Waals surface area contributed by atoms with Crippen LogP contribution in [0, 0.1) is 5.92 Å². The van der Waals surface area contributed by atoms with Crippen LogP contribution in [0.5, 0.6) is 0 Å². The standard InChI is InChI=1S/C16H23N/c1-3-7-13(8-4-1)16-11-14(16)12-17-15-9-5-2-6-10-15/h1,3-4,7-8,14-17H,2,5-6,9-12H2/t14-,16-/m1/s1. The first-order chi connectivity index (χ1) is 8.43. The third kappa shape index (κ3) is 2.90. The molecule has 1 heteroatoms. The van der Waals surface area contributed by atoms with Gasteiger partial charge < -0.3 is 5.32 Å². The number of hydrogen-bond donors (Lipinski definition) is 1. The molecular formula is C16H23N. The molecule has 0 spiro atoms. The molecule has 1 N–H and O–H groups in total. The molecule has 2 atom stereocenters. The minimum Gasteiger partial charge on any atom is -0.314 e. The van der Waals surface area contributed by atoms with E-state index in [9.17, 15) is 0 Å². The van der Waals surface area contributed by atoms with Gasteiger partial charge in [-0.2, -0.15) is 0 Å². The Morgan fingerprint density at radius 1 is 1.00 bits per heavy atom. The molecule has 92 valence electrons. The Hall–Kier alpha value is -0.820. The van der Waals surface area contributed by atoms with Crippen LogP contribution in [-0.2, 0) is 0 Å². The fourth-order valence-corrected chi connectivity index (χ4v) is 3.21. The van der Waals surface area contributed by atoms with Crippen LogP contribution in [0.4, 0.5) is 0 Å². The maximum atomic E-state index is 3.78. The smallest absolute Gasteiger partial charge is 0.00671 e. The van der Waals surface area contributed by atoms with Gasteiger partial charge in [-0.25, -0.2) is 0 Å². The number of rotatable bonds is 4. The second-order valence-electron chi connectivity index (χ2n) is 5.76. The summed E-state index contributed by atoms with van der Waals surface area (Å²) in [7, 11) is 0. The topological polar surface area (TPSA) is 12.0 Å². The second kappa shape index (κ2) is 5.22. The van der Waals surface area contributed by atoms with Crippen molar-refractivity contribution >= 4 is 0 Å². The number of nitrogens with one attached hydrogen (secondary N) is 1. The number of benzene rings is 1. The second-order valence-corrected chi connectivity index (χ2v) is 5.76. The van der Waals surface area contributed by atoms with Gasteiger partial charge in [0.1, 0.15) is 0 Å². The van der Waals surface area contributed by atoms with Crippen molar-refractivity contribution in [2.75, 3.05) is 6.54 Å². The van der Waals surface area contributed by atoms with E-state index in [0.29, 0.717) is 0 Å². The predicted octanol–water partition coefficient (Wildman–Crippen LogP) is 3.71. The van der Waals surface area contributed by atoms with E-state index >= 15 is 0 Å². The Kier molecular flexibility index (Phi) is 3.46. The van der Waals surface area contributed by atoms with E-state index in [2.05, 4.69) is 35.6 Å². The van der Waals surface area contributed by atoms with Crippen LogP contribution < -0.4 is 5.32 Å². The van der Waals surface area contributed by atoms with E-state index in [1.165, 1.54) is 45.1 Å². The van der Waals surface area contributed by atoms with Gasteiger partial charge in [-0.15, -0.1) is 0 Å². The summed E-state index contributed by atoms with van der Waals surface area (Å²) >= 11 is 0. The molecule has 3 rings (SSSR count). The summed E-state index contributed by atoms with van der Waals surface area (Å²) < 4.78 is 0. The van der Waals surface area contributed by atoms with E-state index in [1.807, 2.05) is 0 Å². The average molecular weight is 229 g/mol. The molecule has 1 nitrogen and oxygen atoms in total. The van der Waals surface area contributed by atoms with E-state index in [1.54, 1.807) is 5.56 Å². The highest BCUT2D eigenvalue weighted by molar-refractivity contribution is 5.25. The highest BCUT2D eigenvalue weighted by atomic mass is 14.9. The summed E-state index contributed by atoms with van der Waals surface area (Å²) in [6.45, 7) is 1.24. The van der Waals surface area contributed by atoms with Gasteiger partial charge in [-0.3, -0.25) is 0 Å². The van der Waals surface area contributed by atoms with Gasteiger partial charge in [0.05, 0.1) is 0 Å². The van der Waals surface area contributed by atoms with Gasteiger partial charge in [0, 0.05) is 6.04 Å². The highest BCUT2D eigenvalue weighted by Gasteiger charge is 2.37. The first-order valence-corrected chi connectivity index (χ1v) is 7.22. The molecular weight excluding hydrogens is 206 g/mol. The lowest BCUT2D eigenvalue weighted by atomic mass is 9.95. The normalized spacial score (nSPS) is 29.2. The van der Waals surface area contributed by atoms with E-state index < -0.39 is 0 Å². The van der Waals surface area contributed by atoms with Crippen LogP contribution in [-0.4, -0.2) is 12.6 Å². The molecule has 2 aliphatic carbocycles. The molecule has 0 amide bonds. The molecule has 2 saturated carbocycles. The van der Waals surface area contributed by atoms with E-state index in [-0.39, 0.29) is 0 Å². The third-order valence-electron chi connectivity index (χ3n) is 4.42. The Balaban J connectivity index is 1.43. The molecule has 2 aliphatic rings. The maximum Gasteiger partial charge on any atom is 0.00671 e. The SMILES string of the molecule is c1ccc([C@H]2C[C@@H]2CNC2CCCCC2)cc1. The van der Waals surface area contributed by atoms with Crippen molar-refractivity contribution in [1.82, 2.24) is 5.32 Å². The third-order valence-corrected chi connectivity index (χ3v) is 4.42. The average Bonchev–Trinajstić information content (AvgIpc) is 3.18. The Morgan fingerprint density at radius 3 is 2.53 bits per heavy atom. The number of hydrogen-bond acceptors (Lipinski definition) is 1. The van der Waals surface area contributed by atoms with Crippen molar-refractivity contribution < 1.29 is 0 Å². The Bertz CT molecular complexity index is 340. The molecule has 0 bridgehead atoms. The Labute approximate surface area is 105 Å². The molecule has 2 fully saturated rings. The summed E-state index contributed by atoms with van der Waals surface area (Å²) in [6.07, 6.45) is 8.53. The van der Waals surface area contributed by atoms with Crippen molar-refractivity contribution in [2.24, 2.45) is 5.92 Å². The van der Waals surface area contributed by atoms with Crippen LogP contribution in [0.25, 0.3) is 0 Å². The Morgan fingerprint density at radius 2 is 1.76 bits per heavy atom. The lowest BCUT2D eigenvalue weighted by Crippen LogP contribution is -2.32. The first-order valence-electron chi connectivity index (χ1n) is 7.22. The lowest BCUT2D eigenvalue weighted by Gasteiger charge is -2.22. The predicted molar refractivity (Wildman–Crippen MR) is 72.2 cm³/mol. The van der Waals surface area contributed by atoms with Crippen molar-refractivity contribution in [3.8, 4) is 0 Å². The summed E-state index contributed by atoms with van der Waals surface area (Å²) in [5.74, 6) is 1.74. The zero-order chi connectivity index (χ0) is 11.5. The lowest BCUT2D eigenvalue weighted by molar-refractivity contribution is 0.368. The fourth-order valence-electron chi connectivity index (χ4n) is 3.21. The molecule has 0 heterocycles. The van der Waals surface area contributed by atoms with Gasteiger partial charge in [-0.1, -0.05) is 49.6 Å². The fraction of sp³-hybridized carbons (Fsp3) is 0.625. The van der Waals surface area contributed by atoms with Crippen LogP contribution in [0.15, 0.2) is 30.3 Å². The monoisotopic (exact) mass is 229 g/mol. The van der Waals surface area contributed by atoms with Crippen molar-refractivity contribution in [3.05, 3.63) is 35.9 Å². The summed E-state index contributed by atoms with van der Waals surface area (Å²) in [6, 6.07) is 11.8. The summed E-state index contributed by atoms with van der Waals surface area (Å²) in [5, 5.41) is 3.78. The molecule has 0 unspecified atom stereocenters. The molecule has 17 heavy (non-hydrogen) atoms. The highest BCUT2D eigenvalue weighted by Crippen LogP contribution is 2.46. The molecule has 0 saturated heterocycles. The quantitative estimate of drug-likeness (QED) is 0.830. The zero-order valence-corrected chi connectivity index (χ0v) is 10.6. The first kappa shape index (κ1) is 11.3. The van der Waals surface area contributed by atoms with Crippen molar-refractivity contribution in [3.63, 3.8) is 0 Å². The van der Waals surface area contributed by atoms with Gasteiger partial charge in [-0.05, 0) is 43.2 Å². The van der Waals surface area contributed by atoms with Crippen molar-refractivity contribution in [1.29, 1.82) is 0 Å². The van der Waals surface area contributed by atoms with E-state index in [0.717, 1.165) is 17.9 Å². The van der Waals surface area contributed by atoms with Crippen molar-refractivity contribution in [2.45, 2.75) is 50.5 Å². The van der Waals surface area contributed by atoms with Crippen LogP contribution in [0.3, 0.4) is 0 Å². The zero-order valence-electron chi connectivity index (χ0n) is 10.6.